The van der Waals surface area contributed by atoms with Crippen LogP contribution >= 0.6 is 0 Å². The molecule has 2 aromatic heterocycles. The van der Waals surface area contributed by atoms with Crippen LogP contribution in [0, 0.1) is 12.7 Å². The molecule has 29 heavy (non-hydrogen) atoms. The summed E-state index contributed by atoms with van der Waals surface area (Å²) in [6.07, 6.45) is 1.50. The van der Waals surface area contributed by atoms with Crippen LogP contribution in [-0.2, 0) is 0 Å². The highest BCUT2D eigenvalue weighted by Gasteiger charge is 2.15. The number of benzene rings is 2. The van der Waals surface area contributed by atoms with E-state index in [1.807, 2.05) is 38.1 Å². The fraction of sp³-hybridized carbons (Fsp3) is 0.182. The zero-order chi connectivity index (χ0) is 20.4. The molecule has 146 valence electrons. The molecule has 4 aromatic rings. The van der Waals surface area contributed by atoms with Crippen LogP contribution in [0.25, 0.3) is 22.0 Å². The fourth-order valence-corrected chi connectivity index (χ4v) is 3.13. The third-order valence-electron chi connectivity index (χ3n) is 4.72. The highest BCUT2D eigenvalue weighted by molar-refractivity contribution is 5.96. The van der Waals surface area contributed by atoms with E-state index in [0.29, 0.717) is 17.1 Å². The van der Waals surface area contributed by atoms with Crippen molar-refractivity contribution in [2.75, 3.05) is 12.4 Å². The highest BCUT2D eigenvalue weighted by atomic mass is 19.1. The maximum Gasteiger partial charge on any atom is 0.145 e. The van der Waals surface area contributed by atoms with E-state index in [1.165, 1.54) is 18.5 Å². The Kier molecular flexibility index (Phi) is 5.03. The van der Waals surface area contributed by atoms with Gasteiger partial charge >= 0.3 is 0 Å². The second kappa shape index (κ2) is 7.79. The smallest absolute Gasteiger partial charge is 0.145 e. The Morgan fingerprint density at radius 1 is 0.966 bits per heavy atom. The van der Waals surface area contributed by atoms with Crippen LogP contribution in [0.3, 0.4) is 0 Å². The van der Waals surface area contributed by atoms with Crippen molar-refractivity contribution in [2.24, 2.45) is 0 Å². The Bertz CT molecular complexity index is 1150. The lowest BCUT2D eigenvalue weighted by Gasteiger charge is -2.16. The third kappa shape index (κ3) is 3.85. The van der Waals surface area contributed by atoms with Crippen LogP contribution in [0.4, 0.5) is 10.2 Å². The first kappa shape index (κ1) is 18.7. The van der Waals surface area contributed by atoms with E-state index in [2.05, 4.69) is 25.5 Å². The van der Waals surface area contributed by atoms with Gasteiger partial charge in [0, 0.05) is 5.39 Å². The molecule has 0 aliphatic heterocycles. The van der Waals surface area contributed by atoms with E-state index < -0.39 is 0 Å². The molecule has 1 N–H and O–H groups in total. The largest absolute Gasteiger partial charge is 0.494 e. The minimum Gasteiger partial charge on any atom is -0.494 e. The summed E-state index contributed by atoms with van der Waals surface area (Å²) >= 11 is 0. The van der Waals surface area contributed by atoms with E-state index in [-0.39, 0.29) is 11.9 Å². The summed E-state index contributed by atoms with van der Waals surface area (Å²) in [5.41, 5.74) is 4.12. The molecule has 0 aliphatic rings. The molecule has 7 heteroatoms. The standard InChI is InChI=1S/C22H20FN5O/c1-13-4-9-19(28-27-13)14(2)26-22-18-10-16(15-5-7-17(23)8-6-15)11-20(29-3)21(18)24-12-25-22/h4-12,14H,1-3H3,(H,24,25,26). The first-order valence-electron chi connectivity index (χ1n) is 9.20. The van der Waals surface area contributed by atoms with Crippen molar-refractivity contribution < 1.29 is 9.13 Å². The number of ether oxygens (including phenoxy) is 1. The van der Waals surface area contributed by atoms with Gasteiger partial charge in [0.25, 0.3) is 0 Å². The van der Waals surface area contributed by atoms with Crippen LogP contribution in [-0.4, -0.2) is 27.3 Å². The number of anilines is 1. The van der Waals surface area contributed by atoms with Gasteiger partial charge < -0.3 is 10.1 Å². The van der Waals surface area contributed by atoms with Gasteiger partial charge in [0.2, 0.25) is 0 Å². The molecule has 1 unspecified atom stereocenters. The number of methoxy groups -OCH3 is 1. The molecular formula is C22H20FN5O. The molecule has 0 aliphatic carbocycles. The normalized spacial score (nSPS) is 12.0. The van der Waals surface area contributed by atoms with Crippen LogP contribution in [0.15, 0.2) is 54.9 Å². The van der Waals surface area contributed by atoms with Gasteiger partial charge in [0.1, 0.15) is 29.2 Å². The average molecular weight is 389 g/mol. The van der Waals surface area contributed by atoms with Gasteiger partial charge in [-0.25, -0.2) is 14.4 Å². The average Bonchev–Trinajstić information content (AvgIpc) is 2.74. The Morgan fingerprint density at radius 2 is 1.76 bits per heavy atom. The van der Waals surface area contributed by atoms with Crippen molar-refractivity contribution in [3.8, 4) is 16.9 Å². The number of aryl methyl sites for hydroxylation is 1. The number of fused-ring (bicyclic) bond motifs is 1. The quantitative estimate of drug-likeness (QED) is 0.533. The highest BCUT2D eigenvalue weighted by Crippen LogP contribution is 2.34. The molecule has 6 nitrogen and oxygen atoms in total. The predicted octanol–water partition coefficient (Wildman–Crippen LogP) is 4.72. The Labute approximate surface area is 167 Å². The number of nitrogens with zero attached hydrogens (tertiary/aromatic N) is 4. The lowest BCUT2D eigenvalue weighted by molar-refractivity contribution is 0.419. The van der Waals surface area contributed by atoms with Crippen molar-refractivity contribution in [2.45, 2.75) is 19.9 Å². The third-order valence-corrected chi connectivity index (χ3v) is 4.72. The zero-order valence-corrected chi connectivity index (χ0v) is 16.3. The Morgan fingerprint density at radius 3 is 2.45 bits per heavy atom. The predicted molar refractivity (Wildman–Crippen MR) is 110 cm³/mol. The number of nitrogens with one attached hydrogen (secondary N) is 1. The number of hydrogen-bond donors (Lipinski definition) is 1. The van der Waals surface area contributed by atoms with E-state index in [9.17, 15) is 4.39 Å². The van der Waals surface area contributed by atoms with Crippen molar-refractivity contribution in [3.63, 3.8) is 0 Å². The maximum atomic E-state index is 13.3. The maximum absolute atomic E-state index is 13.3. The second-order valence-corrected chi connectivity index (χ2v) is 6.77. The van der Waals surface area contributed by atoms with Gasteiger partial charge in [-0.05, 0) is 61.4 Å². The van der Waals surface area contributed by atoms with E-state index in [1.54, 1.807) is 19.2 Å². The summed E-state index contributed by atoms with van der Waals surface area (Å²) in [5, 5.41) is 12.6. The molecular weight excluding hydrogens is 369 g/mol. The second-order valence-electron chi connectivity index (χ2n) is 6.77. The fourth-order valence-electron chi connectivity index (χ4n) is 3.13. The summed E-state index contributed by atoms with van der Waals surface area (Å²) in [4.78, 5) is 8.82. The number of aromatic nitrogens is 4. The summed E-state index contributed by atoms with van der Waals surface area (Å²) < 4.78 is 18.9. The van der Waals surface area contributed by atoms with Gasteiger partial charge in [-0.15, -0.1) is 0 Å². The number of hydrogen-bond acceptors (Lipinski definition) is 6. The minimum atomic E-state index is -0.278. The van der Waals surface area contributed by atoms with Gasteiger partial charge in [-0.1, -0.05) is 12.1 Å². The van der Waals surface area contributed by atoms with Crippen molar-refractivity contribution in [3.05, 3.63) is 72.1 Å². The molecule has 1 atom stereocenters. The number of halogens is 1. The van der Waals surface area contributed by atoms with E-state index in [0.717, 1.165) is 27.9 Å². The first-order valence-corrected chi connectivity index (χ1v) is 9.20. The van der Waals surface area contributed by atoms with Crippen LogP contribution in [0.1, 0.15) is 24.4 Å². The van der Waals surface area contributed by atoms with Gasteiger partial charge in [-0.2, -0.15) is 10.2 Å². The molecule has 0 saturated heterocycles. The lowest BCUT2D eigenvalue weighted by Crippen LogP contribution is -2.11. The van der Waals surface area contributed by atoms with Crippen LogP contribution < -0.4 is 10.1 Å². The first-order chi connectivity index (χ1) is 14.0. The molecule has 0 amide bonds. The Balaban J connectivity index is 1.78. The van der Waals surface area contributed by atoms with E-state index in [4.69, 9.17) is 4.74 Å². The van der Waals surface area contributed by atoms with Gasteiger partial charge in [-0.3, -0.25) is 0 Å². The molecule has 2 heterocycles. The van der Waals surface area contributed by atoms with Gasteiger partial charge in [0.15, 0.2) is 0 Å². The zero-order valence-electron chi connectivity index (χ0n) is 16.3. The van der Waals surface area contributed by atoms with Crippen molar-refractivity contribution >= 4 is 16.7 Å². The van der Waals surface area contributed by atoms with Crippen molar-refractivity contribution in [1.82, 2.24) is 20.2 Å². The molecule has 0 bridgehead atoms. The van der Waals surface area contributed by atoms with Crippen LogP contribution in [0.5, 0.6) is 5.75 Å². The van der Waals surface area contributed by atoms with Gasteiger partial charge in [0.05, 0.1) is 24.5 Å². The lowest BCUT2D eigenvalue weighted by atomic mass is 10.0. The SMILES string of the molecule is COc1cc(-c2ccc(F)cc2)cc2c(NC(C)c3ccc(C)nn3)ncnc12. The molecule has 0 saturated carbocycles. The van der Waals surface area contributed by atoms with Crippen molar-refractivity contribution in [1.29, 1.82) is 0 Å². The summed E-state index contributed by atoms with van der Waals surface area (Å²) in [5.74, 6) is 1.00. The molecule has 0 spiro atoms. The summed E-state index contributed by atoms with van der Waals surface area (Å²) in [6.45, 7) is 3.89. The molecule has 2 aromatic carbocycles. The number of rotatable bonds is 5. The minimum absolute atomic E-state index is 0.110. The summed E-state index contributed by atoms with van der Waals surface area (Å²) in [7, 11) is 1.60. The molecule has 0 radical (unpaired) electrons. The monoisotopic (exact) mass is 389 g/mol. The molecule has 4 rings (SSSR count). The Hall–Kier alpha value is -3.61. The van der Waals surface area contributed by atoms with E-state index >= 15 is 0 Å². The van der Waals surface area contributed by atoms with Crippen LogP contribution in [0.2, 0.25) is 0 Å². The summed E-state index contributed by atoms with van der Waals surface area (Å²) in [6, 6.07) is 14.0. The topological polar surface area (TPSA) is 72.8 Å². The molecule has 0 fully saturated rings.